The minimum absolute atomic E-state index is 1.23. The number of halogens is 1. The molecule has 0 heterocycles. The van der Waals surface area contributed by atoms with Gasteiger partial charge in [0.05, 0.1) is 22.9 Å². The van der Waals surface area contributed by atoms with E-state index in [2.05, 4.69) is 60.2 Å². The van der Waals surface area contributed by atoms with Crippen LogP contribution in [0.2, 0.25) is 0 Å². The van der Waals surface area contributed by atoms with Crippen LogP contribution in [0.3, 0.4) is 0 Å². The predicted octanol–water partition coefficient (Wildman–Crippen LogP) is 3.68. The van der Waals surface area contributed by atoms with E-state index in [9.17, 15) is 0 Å². The van der Waals surface area contributed by atoms with Crippen LogP contribution in [0.5, 0.6) is 0 Å². The maximum Gasteiger partial charge on any atom is 0.0560 e. The molecule has 0 radical (unpaired) electrons. The summed E-state index contributed by atoms with van der Waals surface area (Å²) in [7, 11) is 0. The molecule has 0 fully saturated rings. The Bertz CT molecular complexity index is 305. The first kappa shape index (κ1) is 9.84. The smallest absolute Gasteiger partial charge is 0.0560 e. The van der Waals surface area contributed by atoms with E-state index in [1.807, 2.05) is 0 Å². The van der Waals surface area contributed by atoms with E-state index in [0.29, 0.717) is 0 Å². The first-order valence-corrected chi connectivity index (χ1v) is 5.10. The van der Waals surface area contributed by atoms with Crippen LogP contribution in [-0.2, 0) is 0 Å². The maximum absolute atomic E-state index is 3.17. The van der Waals surface area contributed by atoms with Crippen molar-refractivity contribution in [2.24, 2.45) is 0 Å². The lowest BCUT2D eigenvalue weighted by atomic mass is 9.98. The summed E-state index contributed by atoms with van der Waals surface area (Å²) in [4.78, 5) is 0. The highest BCUT2D eigenvalue weighted by molar-refractivity contribution is 14.1. The molecule has 1 rings (SSSR count). The lowest BCUT2D eigenvalue weighted by molar-refractivity contribution is 1.22. The second kappa shape index (κ2) is 3.64. The fourth-order valence-corrected chi connectivity index (χ4v) is 1.87. The zero-order valence-corrected chi connectivity index (χ0v) is 10.1. The minimum Gasteiger partial charge on any atom is -0.328 e. The summed E-state index contributed by atoms with van der Waals surface area (Å²) in [5, 5.41) is 0. The molecule has 2 heteroatoms. The van der Waals surface area contributed by atoms with Crippen molar-refractivity contribution < 1.29 is 0 Å². The van der Waals surface area contributed by atoms with E-state index < -0.39 is 0 Å². The minimum atomic E-state index is 1.23. The number of aryl methyl sites for hydroxylation is 1. The van der Waals surface area contributed by atoms with Gasteiger partial charge in [0.15, 0.2) is 0 Å². The van der Waals surface area contributed by atoms with Crippen LogP contribution in [0.4, 0.5) is 5.69 Å². The number of hydrogen-bond acceptors (Lipinski definition) is 1. The Morgan fingerprint density at radius 2 is 1.58 bits per heavy atom. The monoisotopic (exact) mass is 275 g/mol. The van der Waals surface area contributed by atoms with Crippen molar-refractivity contribution in [1.82, 2.24) is 0 Å². The average Bonchev–Trinajstić information content (AvgIpc) is 2.08. The SMILES string of the molecule is Cc1cc(NI)c(C)c(C)c1C. The zero-order chi connectivity index (χ0) is 9.30. The Morgan fingerprint density at radius 3 is 2.08 bits per heavy atom. The fraction of sp³-hybridized carbons (Fsp3) is 0.400. The summed E-state index contributed by atoms with van der Waals surface area (Å²) in [5.41, 5.74) is 6.75. The van der Waals surface area contributed by atoms with Crippen LogP contribution >= 0.6 is 22.9 Å². The third-order valence-corrected chi connectivity index (χ3v) is 3.16. The van der Waals surface area contributed by atoms with E-state index >= 15 is 0 Å². The Morgan fingerprint density at radius 1 is 1.00 bits per heavy atom. The van der Waals surface area contributed by atoms with Gasteiger partial charge in [-0.15, -0.1) is 0 Å². The van der Waals surface area contributed by atoms with Gasteiger partial charge >= 0.3 is 0 Å². The molecule has 66 valence electrons. The molecule has 1 aromatic rings. The Labute approximate surface area is 88.1 Å². The normalized spacial score (nSPS) is 10.1. The molecule has 0 amide bonds. The molecule has 0 aliphatic carbocycles. The van der Waals surface area contributed by atoms with E-state index in [-0.39, 0.29) is 0 Å². The van der Waals surface area contributed by atoms with E-state index in [4.69, 9.17) is 0 Å². The summed E-state index contributed by atoms with van der Waals surface area (Å²) < 4.78 is 3.17. The molecule has 0 aliphatic rings. The van der Waals surface area contributed by atoms with Crippen molar-refractivity contribution in [3.05, 3.63) is 28.3 Å². The van der Waals surface area contributed by atoms with Gasteiger partial charge in [0.1, 0.15) is 0 Å². The van der Waals surface area contributed by atoms with Crippen LogP contribution < -0.4 is 3.53 Å². The van der Waals surface area contributed by atoms with Crippen LogP contribution in [0.25, 0.3) is 0 Å². The molecule has 0 atom stereocenters. The zero-order valence-electron chi connectivity index (χ0n) is 7.96. The molecule has 0 aliphatic heterocycles. The number of anilines is 1. The molecule has 0 saturated carbocycles. The number of benzene rings is 1. The number of rotatable bonds is 1. The first-order valence-electron chi connectivity index (χ1n) is 4.02. The van der Waals surface area contributed by atoms with E-state index in [1.54, 1.807) is 0 Å². The second-order valence-corrected chi connectivity index (χ2v) is 3.75. The quantitative estimate of drug-likeness (QED) is 0.609. The van der Waals surface area contributed by atoms with Crippen LogP contribution in [-0.4, -0.2) is 0 Å². The molecule has 0 aromatic heterocycles. The number of nitrogens with one attached hydrogen (secondary N) is 1. The fourth-order valence-electron chi connectivity index (χ4n) is 1.31. The molecule has 1 aromatic carbocycles. The van der Waals surface area contributed by atoms with Crippen LogP contribution in [0.15, 0.2) is 6.07 Å². The van der Waals surface area contributed by atoms with Crippen molar-refractivity contribution >= 4 is 28.6 Å². The van der Waals surface area contributed by atoms with Crippen molar-refractivity contribution in [3.63, 3.8) is 0 Å². The molecule has 0 spiro atoms. The summed E-state index contributed by atoms with van der Waals surface area (Å²) in [6.07, 6.45) is 0. The lowest BCUT2D eigenvalue weighted by Crippen LogP contribution is -1.94. The molecule has 0 bridgehead atoms. The van der Waals surface area contributed by atoms with Gasteiger partial charge in [-0.2, -0.15) is 0 Å². The van der Waals surface area contributed by atoms with Gasteiger partial charge in [-0.25, -0.2) is 0 Å². The summed E-state index contributed by atoms with van der Waals surface area (Å²) >= 11 is 2.17. The average molecular weight is 275 g/mol. The Kier molecular flexibility index (Phi) is 2.99. The van der Waals surface area contributed by atoms with E-state index in [0.717, 1.165) is 0 Å². The highest BCUT2D eigenvalue weighted by atomic mass is 127. The third-order valence-electron chi connectivity index (χ3n) is 2.58. The van der Waals surface area contributed by atoms with Gasteiger partial charge < -0.3 is 3.53 Å². The molecule has 12 heavy (non-hydrogen) atoms. The van der Waals surface area contributed by atoms with Crippen molar-refractivity contribution in [2.45, 2.75) is 27.7 Å². The summed E-state index contributed by atoms with van der Waals surface area (Å²) in [5.74, 6) is 0. The molecular formula is C10H14IN. The van der Waals surface area contributed by atoms with Gasteiger partial charge in [-0.05, 0) is 56.0 Å². The third kappa shape index (κ3) is 1.58. The van der Waals surface area contributed by atoms with E-state index in [1.165, 1.54) is 27.9 Å². The van der Waals surface area contributed by atoms with Crippen molar-refractivity contribution in [2.75, 3.05) is 3.53 Å². The van der Waals surface area contributed by atoms with Crippen LogP contribution in [0.1, 0.15) is 22.3 Å². The Balaban J connectivity index is 3.39. The molecule has 0 saturated heterocycles. The molecule has 1 nitrogen and oxygen atoms in total. The van der Waals surface area contributed by atoms with Gasteiger partial charge in [0.25, 0.3) is 0 Å². The maximum atomic E-state index is 3.17. The molecule has 0 unspecified atom stereocenters. The highest BCUT2D eigenvalue weighted by Gasteiger charge is 2.05. The van der Waals surface area contributed by atoms with Gasteiger partial charge in [0, 0.05) is 5.69 Å². The summed E-state index contributed by atoms with van der Waals surface area (Å²) in [6, 6.07) is 2.20. The second-order valence-electron chi connectivity index (χ2n) is 3.21. The van der Waals surface area contributed by atoms with Crippen molar-refractivity contribution in [3.8, 4) is 0 Å². The van der Waals surface area contributed by atoms with Gasteiger partial charge in [-0.3, -0.25) is 0 Å². The standard InChI is InChI=1S/C10H14IN/c1-6-5-10(12-11)9(4)8(3)7(6)2/h5,12H,1-4H3. The molecular weight excluding hydrogens is 261 g/mol. The predicted molar refractivity (Wildman–Crippen MR) is 63.0 cm³/mol. The van der Waals surface area contributed by atoms with Gasteiger partial charge in [-0.1, -0.05) is 0 Å². The first-order chi connectivity index (χ1) is 5.57. The van der Waals surface area contributed by atoms with Crippen LogP contribution in [0, 0.1) is 27.7 Å². The highest BCUT2D eigenvalue weighted by Crippen LogP contribution is 2.25. The molecule has 1 N–H and O–H groups in total. The summed E-state index contributed by atoms with van der Waals surface area (Å²) in [6.45, 7) is 8.66. The lowest BCUT2D eigenvalue weighted by Gasteiger charge is -2.12. The topological polar surface area (TPSA) is 12.0 Å². The van der Waals surface area contributed by atoms with Crippen molar-refractivity contribution in [1.29, 1.82) is 0 Å². The number of hydrogen-bond donors (Lipinski definition) is 1. The van der Waals surface area contributed by atoms with Gasteiger partial charge in [0.2, 0.25) is 0 Å². The largest absolute Gasteiger partial charge is 0.328 e. The Hall–Kier alpha value is -0.250.